The fourth-order valence-electron chi connectivity index (χ4n) is 3.94. The average Bonchev–Trinajstić information content (AvgIpc) is 2.83. The van der Waals surface area contributed by atoms with Crippen molar-refractivity contribution in [2.24, 2.45) is 0 Å². The third kappa shape index (κ3) is 7.21. The molecule has 2 aromatic carbocycles. The molecule has 0 bridgehead atoms. The zero-order valence-corrected chi connectivity index (χ0v) is 19.1. The first-order chi connectivity index (χ1) is 15.6. The number of halogens is 1. The zero-order valence-electron chi connectivity index (χ0n) is 19.1. The van der Waals surface area contributed by atoms with Crippen LogP contribution in [0.1, 0.15) is 25.3 Å². The molecule has 6 nitrogen and oxygen atoms in total. The third-order valence-corrected chi connectivity index (χ3v) is 5.91. The van der Waals surface area contributed by atoms with E-state index < -0.39 is 0 Å². The van der Waals surface area contributed by atoms with Crippen molar-refractivity contribution in [3.8, 4) is 5.75 Å². The van der Waals surface area contributed by atoms with Crippen LogP contribution in [0.4, 0.5) is 10.1 Å². The number of ether oxygens (including phenoxy) is 2. The number of morpholine rings is 1. The first kappa shape index (κ1) is 24.0. The summed E-state index contributed by atoms with van der Waals surface area (Å²) >= 11 is 0. The summed E-state index contributed by atoms with van der Waals surface area (Å²) in [5.41, 5.74) is 1.93. The van der Waals surface area contributed by atoms with Gasteiger partial charge in [-0.25, -0.2) is 4.39 Å². The second-order valence-corrected chi connectivity index (χ2v) is 8.10. The molecule has 32 heavy (non-hydrogen) atoms. The van der Waals surface area contributed by atoms with Gasteiger partial charge in [0, 0.05) is 56.4 Å². The van der Waals surface area contributed by atoms with Crippen LogP contribution in [0.3, 0.4) is 0 Å². The monoisotopic (exact) mass is 443 g/mol. The summed E-state index contributed by atoms with van der Waals surface area (Å²) in [5.74, 6) is 0.534. The zero-order chi connectivity index (χ0) is 22.8. The van der Waals surface area contributed by atoms with Gasteiger partial charge >= 0.3 is 0 Å². The number of methoxy groups -OCH3 is 1. The average molecular weight is 444 g/mol. The van der Waals surface area contributed by atoms with Crippen LogP contribution in [-0.2, 0) is 16.1 Å². The van der Waals surface area contributed by atoms with Crippen LogP contribution in [0.25, 0.3) is 0 Å². The summed E-state index contributed by atoms with van der Waals surface area (Å²) in [5, 5.41) is 2.99. The molecule has 1 atom stereocenters. The van der Waals surface area contributed by atoms with E-state index in [2.05, 4.69) is 22.0 Å². The van der Waals surface area contributed by atoms with Crippen molar-refractivity contribution in [2.75, 3.05) is 51.4 Å². The minimum atomic E-state index is -0.245. The molecular formula is C25H34FN3O3. The second kappa shape index (κ2) is 12.4. The number of amides is 1. The molecular weight excluding hydrogens is 409 g/mol. The highest BCUT2D eigenvalue weighted by molar-refractivity contribution is 5.76. The number of benzene rings is 2. The van der Waals surface area contributed by atoms with Gasteiger partial charge in [-0.15, -0.1) is 0 Å². The number of hydrogen-bond acceptors (Lipinski definition) is 5. The highest BCUT2D eigenvalue weighted by atomic mass is 19.1. The van der Waals surface area contributed by atoms with Crippen LogP contribution < -0.4 is 15.0 Å². The number of rotatable bonds is 11. The van der Waals surface area contributed by atoms with Gasteiger partial charge in [-0.05, 0) is 43.7 Å². The van der Waals surface area contributed by atoms with E-state index in [9.17, 15) is 9.18 Å². The van der Waals surface area contributed by atoms with Crippen molar-refractivity contribution >= 4 is 11.6 Å². The first-order valence-electron chi connectivity index (χ1n) is 11.3. The molecule has 1 N–H and O–H groups in total. The Morgan fingerprint density at radius 2 is 1.91 bits per heavy atom. The van der Waals surface area contributed by atoms with E-state index in [4.69, 9.17) is 9.47 Å². The van der Waals surface area contributed by atoms with Crippen LogP contribution >= 0.6 is 0 Å². The molecule has 1 aliphatic heterocycles. The van der Waals surface area contributed by atoms with Gasteiger partial charge in [-0.3, -0.25) is 9.69 Å². The van der Waals surface area contributed by atoms with Gasteiger partial charge in [0.05, 0.1) is 20.3 Å². The number of hydrogen-bond donors (Lipinski definition) is 1. The topological polar surface area (TPSA) is 54.0 Å². The predicted molar refractivity (Wildman–Crippen MR) is 125 cm³/mol. The summed E-state index contributed by atoms with van der Waals surface area (Å²) in [6.07, 6.45) is 1.13. The predicted octanol–water partition coefficient (Wildman–Crippen LogP) is 3.46. The molecule has 0 saturated carbocycles. The van der Waals surface area contributed by atoms with Gasteiger partial charge in [0.2, 0.25) is 5.91 Å². The maximum atomic E-state index is 13.5. The molecule has 3 rings (SSSR count). The van der Waals surface area contributed by atoms with E-state index in [1.807, 2.05) is 36.4 Å². The second-order valence-electron chi connectivity index (χ2n) is 8.10. The van der Waals surface area contributed by atoms with E-state index in [1.165, 1.54) is 12.1 Å². The lowest BCUT2D eigenvalue weighted by molar-refractivity contribution is -0.121. The standard InChI is InChI=1S/C25H34FN3O3/c1-20(7-12-25(30)27-19-21-5-3-4-6-24(21)31-2)29(23-10-8-22(26)9-11-23)14-13-28-15-17-32-18-16-28/h3-6,8-11,20H,7,12-19H2,1-2H3,(H,27,30). The Balaban J connectivity index is 1.54. The van der Waals surface area contributed by atoms with Crippen molar-refractivity contribution in [2.45, 2.75) is 32.4 Å². The molecule has 1 unspecified atom stereocenters. The van der Waals surface area contributed by atoms with Crippen LogP contribution in [0.2, 0.25) is 0 Å². The molecule has 1 aliphatic rings. The number of nitrogens with one attached hydrogen (secondary N) is 1. The minimum absolute atomic E-state index is 0.00925. The van der Waals surface area contributed by atoms with Crippen molar-refractivity contribution in [1.82, 2.24) is 10.2 Å². The number of anilines is 1. The molecule has 1 fully saturated rings. The summed E-state index contributed by atoms with van der Waals surface area (Å²) in [6, 6.07) is 14.4. The number of carbonyl (C=O) groups excluding carboxylic acids is 1. The summed E-state index contributed by atoms with van der Waals surface area (Å²) in [7, 11) is 1.63. The Bertz CT molecular complexity index is 841. The van der Waals surface area contributed by atoms with Gasteiger partial charge in [-0.2, -0.15) is 0 Å². The van der Waals surface area contributed by atoms with Crippen LogP contribution in [0.5, 0.6) is 5.75 Å². The van der Waals surface area contributed by atoms with Gasteiger partial charge < -0.3 is 19.7 Å². The quantitative estimate of drug-likeness (QED) is 0.577. The highest BCUT2D eigenvalue weighted by Crippen LogP contribution is 2.21. The summed E-state index contributed by atoms with van der Waals surface area (Å²) < 4.78 is 24.2. The lowest BCUT2D eigenvalue weighted by Crippen LogP contribution is -2.44. The number of para-hydroxylation sites is 1. The van der Waals surface area contributed by atoms with E-state index in [0.29, 0.717) is 19.4 Å². The fourth-order valence-corrected chi connectivity index (χ4v) is 3.94. The minimum Gasteiger partial charge on any atom is -0.496 e. The Hall–Kier alpha value is -2.64. The number of nitrogens with zero attached hydrogens (tertiary/aromatic N) is 2. The summed E-state index contributed by atoms with van der Waals surface area (Å²) in [6.45, 7) is 7.66. The molecule has 2 aromatic rings. The Morgan fingerprint density at radius 3 is 2.62 bits per heavy atom. The smallest absolute Gasteiger partial charge is 0.220 e. The number of carbonyl (C=O) groups is 1. The molecule has 1 amide bonds. The van der Waals surface area contributed by atoms with E-state index in [0.717, 1.165) is 56.4 Å². The van der Waals surface area contributed by atoms with E-state index >= 15 is 0 Å². The Kier molecular flexibility index (Phi) is 9.31. The molecule has 7 heteroatoms. The SMILES string of the molecule is COc1ccccc1CNC(=O)CCC(C)N(CCN1CCOCC1)c1ccc(F)cc1. The lowest BCUT2D eigenvalue weighted by atomic mass is 10.1. The van der Waals surface area contributed by atoms with Gasteiger partial charge in [0.25, 0.3) is 0 Å². The van der Waals surface area contributed by atoms with Crippen molar-refractivity contribution in [3.05, 3.63) is 59.9 Å². The molecule has 0 aliphatic carbocycles. The van der Waals surface area contributed by atoms with Crippen LogP contribution in [0, 0.1) is 5.82 Å². The fraction of sp³-hybridized carbons (Fsp3) is 0.480. The van der Waals surface area contributed by atoms with Crippen molar-refractivity contribution in [1.29, 1.82) is 0 Å². The van der Waals surface area contributed by atoms with Crippen molar-refractivity contribution < 1.29 is 18.7 Å². The lowest BCUT2D eigenvalue weighted by Gasteiger charge is -2.35. The molecule has 1 heterocycles. The van der Waals surface area contributed by atoms with E-state index in [1.54, 1.807) is 7.11 Å². The van der Waals surface area contributed by atoms with Crippen LogP contribution in [-0.4, -0.2) is 63.4 Å². The Morgan fingerprint density at radius 1 is 1.19 bits per heavy atom. The molecule has 1 saturated heterocycles. The van der Waals surface area contributed by atoms with E-state index in [-0.39, 0.29) is 17.8 Å². The van der Waals surface area contributed by atoms with Crippen LogP contribution in [0.15, 0.2) is 48.5 Å². The van der Waals surface area contributed by atoms with Gasteiger partial charge in [-0.1, -0.05) is 18.2 Å². The molecule has 0 spiro atoms. The molecule has 0 radical (unpaired) electrons. The Labute approximate surface area is 190 Å². The first-order valence-corrected chi connectivity index (χ1v) is 11.3. The third-order valence-electron chi connectivity index (χ3n) is 5.91. The molecule has 174 valence electrons. The largest absolute Gasteiger partial charge is 0.496 e. The maximum Gasteiger partial charge on any atom is 0.220 e. The maximum absolute atomic E-state index is 13.5. The van der Waals surface area contributed by atoms with Gasteiger partial charge in [0.15, 0.2) is 0 Å². The normalized spacial score (nSPS) is 15.2. The van der Waals surface area contributed by atoms with Crippen molar-refractivity contribution in [3.63, 3.8) is 0 Å². The summed E-state index contributed by atoms with van der Waals surface area (Å²) in [4.78, 5) is 17.1. The van der Waals surface area contributed by atoms with Gasteiger partial charge in [0.1, 0.15) is 11.6 Å². The molecule has 0 aromatic heterocycles. The highest BCUT2D eigenvalue weighted by Gasteiger charge is 2.19.